The van der Waals surface area contributed by atoms with Crippen LogP contribution in [0.15, 0.2) is 103 Å². The SMILES string of the molecule is CC=C(C)NO[Si](c1ccccc1)(c1ccccc1)c1ccccc1. The lowest BCUT2D eigenvalue weighted by molar-refractivity contribution is 0.231. The molecule has 0 spiro atoms. The van der Waals surface area contributed by atoms with E-state index in [-0.39, 0.29) is 0 Å². The second kappa shape index (κ2) is 7.97. The smallest absolute Gasteiger partial charge is 0.305 e. The van der Waals surface area contributed by atoms with E-state index in [2.05, 4.69) is 78.3 Å². The number of hydrogen-bond acceptors (Lipinski definition) is 2. The molecule has 2 nitrogen and oxygen atoms in total. The summed E-state index contributed by atoms with van der Waals surface area (Å²) in [5.74, 6) is 0. The number of hydrogen-bond donors (Lipinski definition) is 1. The Bertz CT molecular complexity index is 720. The van der Waals surface area contributed by atoms with Gasteiger partial charge in [0.1, 0.15) is 0 Å². The molecule has 25 heavy (non-hydrogen) atoms. The topological polar surface area (TPSA) is 21.3 Å². The van der Waals surface area contributed by atoms with Gasteiger partial charge in [0.2, 0.25) is 0 Å². The molecule has 0 aliphatic carbocycles. The third-order valence-corrected chi connectivity index (χ3v) is 8.19. The lowest BCUT2D eigenvalue weighted by Gasteiger charge is -2.32. The van der Waals surface area contributed by atoms with Gasteiger partial charge in [0, 0.05) is 5.70 Å². The highest BCUT2D eigenvalue weighted by Gasteiger charge is 2.43. The van der Waals surface area contributed by atoms with E-state index in [1.165, 1.54) is 15.6 Å². The lowest BCUT2D eigenvalue weighted by atomic mass is 10.3. The molecule has 3 aromatic rings. The molecule has 0 unspecified atom stereocenters. The molecule has 0 amide bonds. The maximum absolute atomic E-state index is 6.56. The fraction of sp³-hybridized carbons (Fsp3) is 0.0909. The molecule has 3 rings (SSSR count). The van der Waals surface area contributed by atoms with E-state index in [1.807, 2.05) is 38.1 Å². The second-order valence-electron chi connectivity index (χ2n) is 5.96. The van der Waals surface area contributed by atoms with Gasteiger partial charge in [0.25, 0.3) is 0 Å². The molecule has 0 aromatic heterocycles. The summed E-state index contributed by atoms with van der Waals surface area (Å²) >= 11 is 0. The number of hydroxylamine groups is 1. The Hall–Kier alpha value is -2.62. The summed E-state index contributed by atoms with van der Waals surface area (Å²) in [4.78, 5) is 0. The molecule has 3 heteroatoms. The van der Waals surface area contributed by atoms with Crippen LogP contribution < -0.4 is 21.0 Å². The van der Waals surface area contributed by atoms with E-state index in [0.29, 0.717) is 0 Å². The first-order valence-electron chi connectivity index (χ1n) is 8.51. The second-order valence-corrected chi connectivity index (χ2v) is 9.25. The first kappa shape index (κ1) is 17.2. The molecular weight excluding hydrogens is 322 g/mol. The van der Waals surface area contributed by atoms with Crippen LogP contribution in [0.1, 0.15) is 13.8 Å². The van der Waals surface area contributed by atoms with Gasteiger partial charge < -0.3 is 4.53 Å². The van der Waals surface area contributed by atoms with Gasteiger partial charge in [-0.2, -0.15) is 0 Å². The Morgan fingerprint density at radius 3 is 1.40 bits per heavy atom. The average Bonchev–Trinajstić information content (AvgIpc) is 2.71. The Morgan fingerprint density at radius 2 is 1.08 bits per heavy atom. The molecule has 1 N–H and O–H groups in total. The van der Waals surface area contributed by atoms with Crippen LogP contribution in [0.3, 0.4) is 0 Å². The van der Waals surface area contributed by atoms with Crippen LogP contribution in [0.4, 0.5) is 0 Å². The van der Waals surface area contributed by atoms with E-state index >= 15 is 0 Å². The highest BCUT2D eigenvalue weighted by molar-refractivity contribution is 7.07. The van der Waals surface area contributed by atoms with Crippen molar-refractivity contribution in [3.8, 4) is 0 Å². The van der Waals surface area contributed by atoms with Crippen molar-refractivity contribution >= 4 is 23.9 Å². The average molecular weight is 346 g/mol. The highest BCUT2D eigenvalue weighted by atomic mass is 28.4. The zero-order chi connectivity index (χ0) is 17.5. The highest BCUT2D eigenvalue weighted by Crippen LogP contribution is 2.09. The predicted octanol–water partition coefficient (Wildman–Crippen LogP) is 3.10. The number of nitrogens with one attached hydrogen (secondary N) is 1. The molecule has 0 bridgehead atoms. The Balaban J connectivity index is 2.24. The largest absolute Gasteiger partial charge is 0.321 e. The molecule has 0 saturated heterocycles. The van der Waals surface area contributed by atoms with Gasteiger partial charge in [-0.25, -0.2) is 0 Å². The van der Waals surface area contributed by atoms with Crippen molar-refractivity contribution in [3.05, 3.63) is 103 Å². The van der Waals surface area contributed by atoms with E-state index in [4.69, 9.17) is 4.53 Å². The van der Waals surface area contributed by atoms with Crippen molar-refractivity contribution in [2.24, 2.45) is 0 Å². The van der Waals surface area contributed by atoms with Crippen LogP contribution >= 0.6 is 0 Å². The van der Waals surface area contributed by atoms with Gasteiger partial charge in [-0.1, -0.05) is 97.1 Å². The van der Waals surface area contributed by atoms with Crippen molar-refractivity contribution in [2.45, 2.75) is 13.8 Å². The normalized spacial score (nSPS) is 12.0. The van der Waals surface area contributed by atoms with Crippen molar-refractivity contribution in [2.75, 3.05) is 0 Å². The predicted molar refractivity (Wildman–Crippen MR) is 108 cm³/mol. The van der Waals surface area contributed by atoms with E-state index in [1.54, 1.807) is 0 Å². The number of benzene rings is 3. The molecule has 0 heterocycles. The van der Waals surface area contributed by atoms with Crippen LogP contribution in [0.2, 0.25) is 0 Å². The van der Waals surface area contributed by atoms with Gasteiger partial charge in [0.05, 0.1) is 0 Å². The van der Waals surface area contributed by atoms with E-state index < -0.39 is 8.32 Å². The molecule has 0 aliphatic rings. The molecule has 126 valence electrons. The summed E-state index contributed by atoms with van der Waals surface area (Å²) in [6.45, 7) is 4.02. The number of allylic oxidation sites excluding steroid dienone is 2. The zero-order valence-corrected chi connectivity index (χ0v) is 15.6. The molecule has 0 fully saturated rings. The first-order valence-corrected chi connectivity index (χ1v) is 10.4. The summed E-state index contributed by atoms with van der Waals surface area (Å²) in [6, 6.07) is 31.6. The fourth-order valence-corrected chi connectivity index (χ4v) is 6.56. The molecule has 3 aromatic carbocycles. The monoisotopic (exact) mass is 345 g/mol. The maximum Gasteiger partial charge on any atom is 0.321 e. The summed E-state index contributed by atoms with van der Waals surface area (Å²) in [5, 5.41) is 3.64. The summed E-state index contributed by atoms with van der Waals surface area (Å²) < 4.78 is 6.56. The minimum atomic E-state index is -2.65. The lowest BCUT2D eigenvalue weighted by Crippen LogP contribution is -2.70. The summed E-state index contributed by atoms with van der Waals surface area (Å²) in [6.07, 6.45) is 2.01. The van der Waals surface area contributed by atoms with E-state index in [9.17, 15) is 0 Å². The standard InChI is InChI=1S/C22H23NOSi/c1-3-19(2)23-24-25(20-13-7-4-8-14-20,21-15-9-5-10-16-21)22-17-11-6-12-18-22/h3-18,23H,1-2H3. The first-order chi connectivity index (χ1) is 12.3. The van der Waals surface area contributed by atoms with Gasteiger partial charge in [0.15, 0.2) is 0 Å². The molecular formula is C22H23NOSi. The molecule has 0 atom stereocenters. The van der Waals surface area contributed by atoms with Crippen molar-refractivity contribution in [1.29, 1.82) is 0 Å². The van der Waals surface area contributed by atoms with Crippen LogP contribution in [-0.2, 0) is 4.53 Å². The molecule has 0 radical (unpaired) electrons. The van der Waals surface area contributed by atoms with Gasteiger partial charge in [-0.15, -0.1) is 0 Å². The number of rotatable bonds is 6. The third kappa shape index (κ3) is 3.58. The van der Waals surface area contributed by atoms with Crippen molar-refractivity contribution in [3.63, 3.8) is 0 Å². The fourth-order valence-electron chi connectivity index (χ4n) is 2.91. The molecule has 0 aliphatic heterocycles. The maximum atomic E-state index is 6.56. The summed E-state index contributed by atoms with van der Waals surface area (Å²) in [5.41, 5.74) is 4.19. The summed E-state index contributed by atoms with van der Waals surface area (Å²) in [7, 11) is -2.65. The molecule has 0 saturated carbocycles. The van der Waals surface area contributed by atoms with Crippen molar-refractivity contribution < 1.29 is 4.53 Å². The Morgan fingerprint density at radius 1 is 0.720 bits per heavy atom. The van der Waals surface area contributed by atoms with Crippen LogP contribution in [-0.4, -0.2) is 8.32 Å². The van der Waals surface area contributed by atoms with Crippen LogP contribution in [0, 0.1) is 0 Å². The van der Waals surface area contributed by atoms with Crippen molar-refractivity contribution in [1.82, 2.24) is 5.48 Å². The van der Waals surface area contributed by atoms with Crippen LogP contribution in [0.5, 0.6) is 0 Å². The van der Waals surface area contributed by atoms with Gasteiger partial charge in [-0.05, 0) is 29.4 Å². The minimum Gasteiger partial charge on any atom is -0.305 e. The Kier molecular flexibility index (Phi) is 5.48. The Labute approximate surface area is 150 Å². The van der Waals surface area contributed by atoms with Gasteiger partial charge in [-0.3, -0.25) is 5.48 Å². The van der Waals surface area contributed by atoms with E-state index in [0.717, 1.165) is 5.70 Å². The van der Waals surface area contributed by atoms with Gasteiger partial charge >= 0.3 is 8.32 Å². The minimum absolute atomic E-state index is 1.000. The third-order valence-electron chi connectivity index (χ3n) is 4.34. The quantitative estimate of drug-likeness (QED) is 0.421. The van der Waals surface area contributed by atoms with Crippen LogP contribution in [0.25, 0.3) is 0 Å². The zero-order valence-electron chi connectivity index (χ0n) is 14.6.